The molecule has 1 saturated heterocycles. The number of carbonyl (C=O) groups excluding carboxylic acids is 1. The van der Waals surface area contributed by atoms with Gasteiger partial charge in [-0.3, -0.25) is 4.79 Å². The highest BCUT2D eigenvalue weighted by molar-refractivity contribution is 5.86. The van der Waals surface area contributed by atoms with E-state index in [2.05, 4.69) is 9.97 Å². The van der Waals surface area contributed by atoms with Crippen molar-refractivity contribution < 1.29 is 14.7 Å². The highest BCUT2D eigenvalue weighted by atomic mass is 16.4. The first kappa shape index (κ1) is 13.3. The van der Waals surface area contributed by atoms with Gasteiger partial charge in [-0.25, -0.2) is 14.8 Å². The molecule has 19 heavy (non-hydrogen) atoms. The quantitative estimate of drug-likeness (QED) is 0.771. The van der Waals surface area contributed by atoms with Crippen LogP contribution < -0.4 is 4.90 Å². The van der Waals surface area contributed by atoms with Gasteiger partial charge in [0.1, 0.15) is 11.6 Å². The topological polar surface area (TPSA) is 86.6 Å². The number of hydrogen-bond donors (Lipinski definition) is 1. The van der Waals surface area contributed by atoms with E-state index in [0.29, 0.717) is 44.2 Å². The summed E-state index contributed by atoms with van der Waals surface area (Å²) >= 11 is 0. The normalized spacial score (nSPS) is 15.4. The maximum Gasteiger partial charge on any atom is 0.354 e. The number of rotatable bonds is 4. The van der Waals surface area contributed by atoms with Crippen LogP contribution >= 0.6 is 0 Å². The molecule has 0 spiro atoms. The maximum absolute atomic E-state index is 11.0. The molecule has 0 unspecified atom stereocenters. The molecule has 1 fully saturated rings. The van der Waals surface area contributed by atoms with Gasteiger partial charge in [-0.15, -0.1) is 0 Å². The van der Waals surface area contributed by atoms with E-state index in [1.165, 1.54) is 6.07 Å². The highest BCUT2D eigenvalue weighted by Gasteiger charge is 2.19. The fraction of sp³-hybridized carbons (Fsp3) is 0.500. The number of carboxylic acids is 1. The minimum Gasteiger partial charge on any atom is -0.477 e. The van der Waals surface area contributed by atoms with Crippen LogP contribution in [-0.4, -0.2) is 58.5 Å². The van der Waals surface area contributed by atoms with Gasteiger partial charge in [0.15, 0.2) is 5.69 Å². The van der Waals surface area contributed by atoms with Gasteiger partial charge in [0, 0.05) is 38.7 Å². The summed E-state index contributed by atoms with van der Waals surface area (Å²) in [6.45, 7) is 4.43. The van der Waals surface area contributed by atoms with Crippen molar-refractivity contribution in [1.29, 1.82) is 0 Å². The van der Waals surface area contributed by atoms with E-state index in [0.717, 1.165) is 6.41 Å². The summed E-state index contributed by atoms with van der Waals surface area (Å²) < 4.78 is 0. The number of hydrogen-bond acceptors (Lipinski definition) is 5. The van der Waals surface area contributed by atoms with Crippen molar-refractivity contribution in [3.05, 3.63) is 17.6 Å². The molecule has 0 radical (unpaired) electrons. The highest BCUT2D eigenvalue weighted by Crippen LogP contribution is 2.15. The summed E-state index contributed by atoms with van der Waals surface area (Å²) in [7, 11) is 0. The SMILES string of the molecule is CCc1nc(C(=O)O)cc(N2CCN(C=O)CC2)n1. The standard InChI is InChI=1S/C12H16N4O3/c1-2-10-13-9(12(18)19)7-11(14-10)16-5-3-15(8-17)4-6-16/h7-8H,2-6H2,1H3,(H,18,19). The van der Waals surface area contributed by atoms with Crippen molar-refractivity contribution in [1.82, 2.24) is 14.9 Å². The lowest BCUT2D eigenvalue weighted by Gasteiger charge is -2.33. The Morgan fingerprint density at radius 2 is 2.05 bits per heavy atom. The second kappa shape index (κ2) is 5.64. The van der Waals surface area contributed by atoms with Gasteiger partial charge in [0.25, 0.3) is 0 Å². The number of amides is 1. The molecule has 0 bridgehead atoms. The lowest BCUT2D eigenvalue weighted by atomic mass is 10.3. The molecule has 0 atom stereocenters. The van der Waals surface area contributed by atoms with Crippen LogP contribution in [0.1, 0.15) is 23.2 Å². The Kier molecular flexibility index (Phi) is 3.94. The van der Waals surface area contributed by atoms with Gasteiger partial charge >= 0.3 is 5.97 Å². The maximum atomic E-state index is 11.0. The second-order valence-corrected chi connectivity index (χ2v) is 4.31. The molecular weight excluding hydrogens is 248 g/mol. The summed E-state index contributed by atoms with van der Waals surface area (Å²) in [4.78, 5) is 33.7. The Morgan fingerprint density at radius 3 is 2.58 bits per heavy atom. The predicted octanol–water partition coefficient (Wildman–Crippen LogP) is 0.0156. The van der Waals surface area contributed by atoms with Crippen LogP contribution in [0.25, 0.3) is 0 Å². The number of anilines is 1. The van der Waals surface area contributed by atoms with Crippen LogP contribution in [0.5, 0.6) is 0 Å². The Labute approximate surface area is 110 Å². The zero-order valence-electron chi connectivity index (χ0n) is 10.7. The van der Waals surface area contributed by atoms with Gasteiger partial charge in [0.2, 0.25) is 6.41 Å². The van der Waals surface area contributed by atoms with E-state index >= 15 is 0 Å². The first-order valence-electron chi connectivity index (χ1n) is 6.19. The number of piperazine rings is 1. The Hall–Kier alpha value is -2.18. The van der Waals surface area contributed by atoms with Gasteiger partial charge in [-0.1, -0.05) is 6.92 Å². The molecule has 0 aliphatic carbocycles. The zero-order chi connectivity index (χ0) is 13.8. The fourth-order valence-corrected chi connectivity index (χ4v) is 1.97. The zero-order valence-corrected chi connectivity index (χ0v) is 10.7. The minimum absolute atomic E-state index is 0.0136. The number of aryl methyl sites for hydroxylation is 1. The van der Waals surface area contributed by atoms with Crippen molar-refractivity contribution in [2.24, 2.45) is 0 Å². The fourth-order valence-electron chi connectivity index (χ4n) is 1.97. The molecule has 7 nitrogen and oxygen atoms in total. The molecule has 1 aliphatic heterocycles. The summed E-state index contributed by atoms with van der Waals surface area (Å²) in [5.74, 6) is 0.0902. The monoisotopic (exact) mass is 264 g/mol. The molecule has 1 aromatic rings. The molecule has 1 aliphatic rings. The number of carboxylic acid groups (broad SMARTS) is 1. The van der Waals surface area contributed by atoms with Crippen LogP contribution in [0.15, 0.2) is 6.07 Å². The van der Waals surface area contributed by atoms with E-state index in [4.69, 9.17) is 5.11 Å². The van der Waals surface area contributed by atoms with E-state index in [1.807, 2.05) is 11.8 Å². The molecule has 102 valence electrons. The van der Waals surface area contributed by atoms with E-state index in [1.54, 1.807) is 4.90 Å². The predicted molar refractivity (Wildman–Crippen MR) is 68.2 cm³/mol. The summed E-state index contributed by atoms with van der Waals surface area (Å²) in [5.41, 5.74) is 0.0136. The van der Waals surface area contributed by atoms with Gasteiger partial charge < -0.3 is 14.9 Å². The average molecular weight is 264 g/mol. The smallest absolute Gasteiger partial charge is 0.354 e. The van der Waals surface area contributed by atoms with Gasteiger partial charge in [-0.2, -0.15) is 0 Å². The third-order valence-corrected chi connectivity index (χ3v) is 3.08. The van der Waals surface area contributed by atoms with E-state index in [-0.39, 0.29) is 5.69 Å². The van der Waals surface area contributed by atoms with Crippen LogP contribution in [0.4, 0.5) is 5.82 Å². The molecule has 7 heteroatoms. The molecule has 1 amide bonds. The Balaban J connectivity index is 2.22. The van der Waals surface area contributed by atoms with Gasteiger partial charge in [0.05, 0.1) is 0 Å². The number of nitrogens with zero attached hydrogens (tertiary/aromatic N) is 4. The van der Waals surface area contributed by atoms with Crippen molar-refractivity contribution >= 4 is 18.2 Å². The Morgan fingerprint density at radius 1 is 1.37 bits per heavy atom. The van der Waals surface area contributed by atoms with Crippen LogP contribution in [0, 0.1) is 0 Å². The molecule has 1 aromatic heterocycles. The largest absolute Gasteiger partial charge is 0.477 e. The molecule has 0 saturated carbocycles. The number of aromatic carboxylic acids is 1. The van der Waals surface area contributed by atoms with Gasteiger partial charge in [-0.05, 0) is 0 Å². The lowest BCUT2D eigenvalue weighted by molar-refractivity contribution is -0.118. The van der Waals surface area contributed by atoms with Crippen molar-refractivity contribution in [3.63, 3.8) is 0 Å². The second-order valence-electron chi connectivity index (χ2n) is 4.31. The van der Waals surface area contributed by atoms with Crippen LogP contribution in [-0.2, 0) is 11.2 Å². The van der Waals surface area contributed by atoms with Crippen molar-refractivity contribution in [3.8, 4) is 0 Å². The van der Waals surface area contributed by atoms with Crippen molar-refractivity contribution in [2.75, 3.05) is 31.1 Å². The molecule has 1 N–H and O–H groups in total. The number of carbonyl (C=O) groups is 2. The first-order valence-corrected chi connectivity index (χ1v) is 6.19. The third-order valence-electron chi connectivity index (χ3n) is 3.08. The molecule has 2 heterocycles. The summed E-state index contributed by atoms with van der Waals surface area (Å²) in [6.07, 6.45) is 1.42. The average Bonchev–Trinajstić information content (AvgIpc) is 2.46. The Bertz CT molecular complexity index is 484. The van der Waals surface area contributed by atoms with Crippen LogP contribution in [0.2, 0.25) is 0 Å². The van der Waals surface area contributed by atoms with Crippen LogP contribution in [0.3, 0.4) is 0 Å². The summed E-state index contributed by atoms with van der Waals surface area (Å²) in [6, 6.07) is 1.48. The molecule has 2 rings (SSSR count). The van der Waals surface area contributed by atoms with Crippen molar-refractivity contribution in [2.45, 2.75) is 13.3 Å². The lowest BCUT2D eigenvalue weighted by Crippen LogP contribution is -2.46. The first-order chi connectivity index (χ1) is 9.13. The summed E-state index contributed by atoms with van der Waals surface area (Å²) in [5, 5.41) is 9.04. The van der Waals surface area contributed by atoms with E-state index in [9.17, 15) is 9.59 Å². The number of aromatic nitrogens is 2. The molecular formula is C12H16N4O3. The molecule has 0 aromatic carbocycles. The van der Waals surface area contributed by atoms with E-state index < -0.39 is 5.97 Å². The third kappa shape index (κ3) is 2.98. The minimum atomic E-state index is -1.05.